The molecule has 0 aliphatic heterocycles. The molecule has 0 radical (unpaired) electrons. The van der Waals surface area contributed by atoms with Crippen LogP contribution < -0.4 is 10.9 Å². The number of carbonyl (C=O) groups excluding carboxylic acids is 1. The predicted molar refractivity (Wildman–Crippen MR) is 114 cm³/mol. The normalized spacial score (nSPS) is 12.6. The van der Waals surface area contributed by atoms with Crippen LogP contribution in [-0.2, 0) is 0 Å². The van der Waals surface area contributed by atoms with E-state index in [-0.39, 0.29) is 17.5 Å². The molecule has 0 aliphatic rings. The van der Waals surface area contributed by atoms with E-state index in [1.54, 1.807) is 22.7 Å². The van der Waals surface area contributed by atoms with E-state index < -0.39 is 0 Å². The minimum Gasteiger partial charge on any atom is -0.350 e. The lowest BCUT2D eigenvalue weighted by Gasteiger charge is -2.25. The maximum absolute atomic E-state index is 12.9. The van der Waals surface area contributed by atoms with Crippen molar-refractivity contribution < 1.29 is 4.79 Å². The Hall–Kier alpha value is -3.16. The van der Waals surface area contributed by atoms with Crippen molar-refractivity contribution in [2.24, 2.45) is 0 Å². The highest BCUT2D eigenvalue weighted by molar-refractivity contribution is 6.31. The van der Waals surface area contributed by atoms with Gasteiger partial charge in [0.15, 0.2) is 0 Å². The third-order valence-electron chi connectivity index (χ3n) is 4.97. The van der Waals surface area contributed by atoms with Crippen molar-refractivity contribution in [1.82, 2.24) is 24.8 Å². The number of halogens is 1. The lowest BCUT2D eigenvalue weighted by atomic mass is 10.1. The molecule has 0 aliphatic carbocycles. The maximum atomic E-state index is 12.9. The first kappa shape index (κ1) is 19.2. The number of H-pyrrole nitrogens is 1. The molecule has 8 heteroatoms. The lowest BCUT2D eigenvalue weighted by Crippen LogP contribution is -2.34. The Morgan fingerprint density at radius 1 is 1.21 bits per heavy atom. The van der Waals surface area contributed by atoms with Crippen molar-refractivity contribution in [3.63, 3.8) is 0 Å². The van der Waals surface area contributed by atoms with Gasteiger partial charge >= 0.3 is 0 Å². The van der Waals surface area contributed by atoms with Gasteiger partial charge in [-0.15, -0.1) is 0 Å². The first-order valence-electron chi connectivity index (χ1n) is 9.15. The van der Waals surface area contributed by atoms with Crippen molar-refractivity contribution >= 4 is 34.1 Å². The number of aromatic nitrogens is 3. The Labute approximate surface area is 171 Å². The molecule has 29 heavy (non-hydrogen) atoms. The van der Waals surface area contributed by atoms with Gasteiger partial charge in [-0.2, -0.15) is 5.10 Å². The second kappa shape index (κ2) is 7.69. The van der Waals surface area contributed by atoms with Gasteiger partial charge in [-0.1, -0.05) is 41.9 Å². The van der Waals surface area contributed by atoms with Crippen molar-refractivity contribution in [3.05, 3.63) is 81.2 Å². The minimum atomic E-state index is -0.315. The molecule has 0 spiro atoms. The number of amides is 1. The Kier molecular flexibility index (Phi) is 5.08. The van der Waals surface area contributed by atoms with E-state index in [2.05, 4.69) is 15.4 Å². The SMILES string of the molecule is CN(C)C(CNC(=O)c1cnn2c1[nH]c(=O)c1ccccc12)c1ccccc1Cl. The summed E-state index contributed by atoms with van der Waals surface area (Å²) in [5.74, 6) is -0.315. The molecule has 2 heterocycles. The van der Waals surface area contributed by atoms with Crippen LogP contribution in [0.25, 0.3) is 16.6 Å². The minimum absolute atomic E-state index is 0.102. The van der Waals surface area contributed by atoms with Crippen molar-refractivity contribution in [3.8, 4) is 0 Å². The second-order valence-corrected chi connectivity index (χ2v) is 7.41. The standard InChI is InChI=1S/C21H20ClN5O2/c1-26(2)18(13-7-3-5-9-16(13)22)12-23-20(28)15-11-24-27-17-10-6-4-8-14(17)21(29)25-19(15)27/h3-11,18H,12H2,1-2H3,(H,23,28)(H,25,29). The van der Waals surface area contributed by atoms with E-state index in [1.807, 2.05) is 49.3 Å². The molecule has 2 N–H and O–H groups in total. The summed E-state index contributed by atoms with van der Waals surface area (Å²) in [6.07, 6.45) is 1.47. The Morgan fingerprint density at radius 2 is 1.93 bits per heavy atom. The highest BCUT2D eigenvalue weighted by atomic mass is 35.5. The zero-order valence-corrected chi connectivity index (χ0v) is 16.8. The van der Waals surface area contributed by atoms with Crippen LogP contribution in [0.1, 0.15) is 22.0 Å². The topological polar surface area (TPSA) is 82.5 Å². The van der Waals surface area contributed by atoms with Gasteiger partial charge in [0.2, 0.25) is 0 Å². The number of para-hydroxylation sites is 1. The van der Waals surface area contributed by atoms with Crippen LogP contribution in [0.3, 0.4) is 0 Å². The van der Waals surface area contributed by atoms with Gasteiger partial charge < -0.3 is 15.2 Å². The molecule has 1 unspecified atom stereocenters. The van der Waals surface area contributed by atoms with E-state index >= 15 is 0 Å². The highest BCUT2D eigenvalue weighted by Crippen LogP contribution is 2.25. The van der Waals surface area contributed by atoms with Crippen molar-refractivity contribution in [1.29, 1.82) is 0 Å². The molecular formula is C21H20ClN5O2. The van der Waals surface area contributed by atoms with Gasteiger partial charge in [-0.05, 0) is 37.9 Å². The molecule has 4 rings (SSSR count). The molecular weight excluding hydrogens is 390 g/mol. The third-order valence-corrected chi connectivity index (χ3v) is 5.31. The molecule has 1 amide bonds. The zero-order chi connectivity index (χ0) is 20.5. The first-order valence-corrected chi connectivity index (χ1v) is 9.53. The smallest absolute Gasteiger partial charge is 0.259 e. The average Bonchev–Trinajstić information content (AvgIpc) is 3.13. The van der Waals surface area contributed by atoms with Crippen molar-refractivity contribution in [2.75, 3.05) is 20.6 Å². The molecule has 4 aromatic rings. The van der Waals surface area contributed by atoms with Gasteiger partial charge in [-0.3, -0.25) is 9.59 Å². The molecule has 0 fully saturated rings. The second-order valence-electron chi connectivity index (χ2n) is 7.00. The summed E-state index contributed by atoms with van der Waals surface area (Å²) in [7, 11) is 3.86. The third kappa shape index (κ3) is 3.50. The fraction of sp³-hybridized carbons (Fsp3) is 0.190. The predicted octanol–water partition coefficient (Wildman–Crippen LogP) is 2.86. The summed E-state index contributed by atoms with van der Waals surface area (Å²) in [6.45, 7) is 0.352. The number of nitrogens with one attached hydrogen (secondary N) is 2. The number of nitrogens with zero attached hydrogens (tertiary/aromatic N) is 3. The summed E-state index contributed by atoms with van der Waals surface area (Å²) < 4.78 is 1.57. The van der Waals surface area contributed by atoms with Gasteiger partial charge in [0.1, 0.15) is 11.2 Å². The van der Waals surface area contributed by atoms with E-state index in [1.165, 1.54) is 6.20 Å². The van der Waals surface area contributed by atoms with Crippen molar-refractivity contribution in [2.45, 2.75) is 6.04 Å². The number of rotatable bonds is 5. The number of hydrogen-bond acceptors (Lipinski definition) is 4. The van der Waals surface area contributed by atoms with Gasteiger partial charge in [0.05, 0.1) is 23.1 Å². The fourth-order valence-corrected chi connectivity index (χ4v) is 3.71. The Morgan fingerprint density at radius 3 is 2.69 bits per heavy atom. The van der Waals surface area contributed by atoms with Gasteiger partial charge in [0.25, 0.3) is 11.5 Å². The molecule has 1 atom stereocenters. The molecule has 7 nitrogen and oxygen atoms in total. The number of fused-ring (bicyclic) bond motifs is 3. The summed E-state index contributed by atoms with van der Waals surface area (Å²) in [5.41, 5.74) is 1.99. The summed E-state index contributed by atoms with van der Waals surface area (Å²) in [6, 6.07) is 14.6. The maximum Gasteiger partial charge on any atom is 0.259 e. The van der Waals surface area contributed by atoms with E-state index in [9.17, 15) is 9.59 Å². The summed E-state index contributed by atoms with van der Waals surface area (Å²) in [5, 5.41) is 8.40. The first-order chi connectivity index (χ1) is 14.0. The van der Waals surface area contributed by atoms with Crippen LogP contribution in [0.4, 0.5) is 0 Å². The molecule has 0 saturated heterocycles. The number of carbonyl (C=O) groups is 1. The zero-order valence-electron chi connectivity index (χ0n) is 16.0. The van der Waals surface area contributed by atoms with Crippen LogP contribution in [0, 0.1) is 0 Å². The van der Waals surface area contributed by atoms with Gasteiger partial charge in [0, 0.05) is 11.6 Å². The Bertz CT molecular complexity index is 1260. The number of benzene rings is 2. The molecule has 2 aromatic carbocycles. The highest BCUT2D eigenvalue weighted by Gasteiger charge is 2.20. The molecule has 148 valence electrons. The molecule has 0 saturated carbocycles. The van der Waals surface area contributed by atoms with Gasteiger partial charge in [-0.25, -0.2) is 4.52 Å². The lowest BCUT2D eigenvalue weighted by molar-refractivity contribution is 0.0943. The van der Waals surface area contributed by atoms with Crippen LogP contribution in [0.5, 0.6) is 0 Å². The summed E-state index contributed by atoms with van der Waals surface area (Å²) >= 11 is 6.34. The largest absolute Gasteiger partial charge is 0.350 e. The Balaban J connectivity index is 1.64. The molecule has 2 aromatic heterocycles. The van der Waals surface area contributed by atoms with E-state index in [4.69, 9.17) is 11.6 Å². The average molecular weight is 410 g/mol. The monoisotopic (exact) mass is 409 g/mol. The quantitative estimate of drug-likeness (QED) is 0.531. The van der Waals surface area contributed by atoms with Crippen LogP contribution in [-0.4, -0.2) is 46.0 Å². The number of aromatic amines is 1. The number of likely N-dealkylation sites (N-methyl/N-ethyl adjacent to an activating group) is 1. The fourth-order valence-electron chi connectivity index (χ4n) is 3.44. The van der Waals surface area contributed by atoms with Crippen LogP contribution in [0.2, 0.25) is 5.02 Å². The molecule has 0 bridgehead atoms. The van der Waals surface area contributed by atoms with E-state index in [0.717, 1.165) is 5.56 Å². The van der Waals surface area contributed by atoms with Crippen LogP contribution in [0.15, 0.2) is 59.5 Å². The number of hydrogen-bond donors (Lipinski definition) is 2. The summed E-state index contributed by atoms with van der Waals surface area (Å²) in [4.78, 5) is 30.0. The van der Waals surface area contributed by atoms with E-state index in [0.29, 0.717) is 33.7 Å². The van der Waals surface area contributed by atoms with Crippen LogP contribution >= 0.6 is 11.6 Å².